The Balaban J connectivity index is 3.89. The number of hydrogen-bond acceptors (Lipinski definition) is 3. The largest absolute Gasteiger partial charge is 0.462 e. The fraction of sp³-hybridized carbons (Fsp3) is 0.971. The summed E-state index contributed by atoms with van der Waals surface area (Å²) in [5.41, 5.74) is 0. The molecule has 0 amide bonds. The molecule has 0 bridgehead atoms. The predicted octanol–water partition coefficient (Wildman–Crippen LogP) is 11.2. The molecule has 0 saturated carbocycles. The fourth-order valence-corrected chi connectivity index (χ4v) is 5.30. The lowest BCUT2D eigenvalue weighted by Gasteiger charge is -2.18. The van der Waals surface area contributed by atoms with E-state index in [1.807, 2.05) is 0 Å². The summed E-state index contributed by atoms with van der Waals surface area (Å²) in [4.78, 5) is 12.5. The van der Waals surface area contributed by atoms with Crippen LogP contribution in [0.1, 0.15) is 201 Å². The number of rotatable bonds is 30. The number of unbranched alkanes of at least 4 members (excludes halogenated alkanes) is 19. The lowest BCUT2D eigenvalue weighted by atomic mass is 10.0. The minimum Gasteiger partial charge on any atom is -0.462 e. The third-order valence-electron chi connectivity index (χ3n) is 7.87. The minimum absolute atomic E-state index is 0.0244. The Hall–Kier alpha value is -0.570. The third-order valence-corrected chi connectivity index (χ3v) is 7.87. The molecule has 0 heterocycles. The first-order valence-corrected chi connectivity index (χ1v) is 17.0. The van der Waals surface area contributed by atoms with Gasteiger partial charge < -0.3 is 9.84 Å². The number of carbonyl (C=O) groups is 1. The summed E-state index contributed by atoms with van der Waals surface area (Å²) in [5.74, 6) is 0.0244. The van der Waals surface area contributed by atoms with Crippen LogP contribution < -0.4 is 0 Å². The molecular weight excluding hydrogens is 456 g/mol. The van der Waals surface area contributed by atoms with Gasteiger partial charge >= 0.3 is 5.97 Å². The molecule has 1 N–H and O–H groups in total. The number of ether oxygens (including phenoxy) is 1. The quantitative estimate of drug-likeness (QED) is 0.0750. The number of esters is 1. The van der Waals surface area contributed by atoms with E-state index in [0.717, 1.165) is 51.4 Å². The zero-order valence-corrected chi connectivity index (χ0v) is 25.7. The van der Waals surface area contributed by atoms with Crippen molar-refractivity contribution in [2.24, 2.45) is 0 Å². The van der Waals surface area contributed by atoms with Crippen molar-refractivity contribution in [1.29, 1.82) is 0 Å². The van der Waals surface area contributed by atoms with Crippen molar-refractivity contribution in [3.8, 4) is 0 Å². The van der Waals surface area contributed by atoms with Gasteiger partial charge in [0.2, 0.25) is 0 Å². The number of hydrogen-bond donors (Lipinski definition) is 1. The van der Waals surface area contributed by atoms with Crippen LogP contribution in [0.3, 0.4) is 0 Å². The second-order valence-electron chi connectivity index (χ2n) is 11.7. The third kappa shape index (κ3) is 28.3. The molecule has 0 aromatic heterocycles. The molecule has 0 spiro atoms. The highest BCUT2D eigenvalue weighted by Gasteiger charge is 2.14. The first-order chi connectivity index (χ1) is 18.1. The topological polar surface area (TPSA) is 46.5 Å². The Labute approximate surface area is 233 Å². The van der Waals surface area contributed by atoms with Crippen molar-refractivity contribution in [3.63, 3.8) is 0 Å². The Kier molecular flexibility index (Phi) is 29.5. The van der Waals surface area contributed by atoms with Crippen molar-refractivity contribution in [1.82, 2.24) is 0 Å². The summed E-state index contributed by atoms with van der Waals surface area (Å²) in [5, 5.41) is 10.2. The van der Waals surface area contributed by atoms with Gasteiger partial charge in [0.05, 0.1) is 6.10 Å². The van der Waals surface area contributed by atoms with E-state index in [9.17, 15) is 9.90 Å². The molecule has 0 aliphatic carbocycles. The molecule has 0 radical (unpaired) electrons. The van der Waals surface area contributed by atoms with Gasteiger partial charge in [-0.2, -0.15) is 0 Å². The first kappa shape index (κ1) is 36.4. The van der Waals surface area contributed by atoms with Crippen LogP contribution in [0, 0.1) is 0 Å². The zero-order valence-electron chi connectivity index (χ0n) is 25.7. The standard InChI is InChI=1S/C34H68O3/c1-4-7-10-13-17-22-27-32(35)28-23-18-16-21-26-31-34(36)37-33(29-24-19-14-11-8-5-2)30-25-20-15-12-9-6-3/h32-33,35H,4-31H2,1-3H3. The number of carbonyl (C=O) groups excluding carboxylic acids is 1. The summed E-state index contributed by atoms with van der Waals surface area (Å²) in [7, 11) is 0. The van der Waals surface area contributed by atoms with Crippen LogP contribution in [0.2, 0.25) is 0 Å². The number of aliphatic hydroxyl groups is 1. The van der Waals surface area contributed by atoms with Gasteiger partial charge in [0.15, 0.2) is 0 Å². The maximum atomic E-state index is 12.5. The Bertz CT molecular complexity index is 434. The Morgan fingerprint density at radius 2 is 0.811 bits per heavy atom. The van der Waals surface area contributed by atoms with Crippen molar-refractivity contribution < 1.29 is 14.6 Å². The second-order valence-corrected chi connectivity index (χ2v) is 11.7. The maximum Gasteiger partial charge on any atom is 0.306 e. The van der Waals surface area contributed by atoms with Crippen molar-refractivity contribution in [2.45, 2.75) is 213 Å². The smallest absolute Gasteiger partial charge is 0.306 e. The number of aliphatic hydroxyl groups excluding tert-OH is 1. The predicted molar refractivity (Wildman–Crippen MR) is 162 cm³/mol. The van der Waals surface area contributed by atoms with E-state index in [1.165, 1.54) is 122 Å². The lowest BCUT2D eigenvalue weighted by molar-refractivity contribution is -0.150. The van der Waals surface area contributed by atoms with E-state index >= 15 is 0 Å². The van der Waals surface area contributed by atoms with Gasteiger partial charge in [-0.05, 0) is 44.9 Å². The minimum atomic E-state index is -0.114. The molecule has 0 rings (SSSR count). The lowest BCUT2D eigenvalue weighted by Crippen LogP contribution is -2.18. The van der Waals surface area contributed by atoms with Crippen LogP contribution in [0.25, 0.3) is 0 Å². The van der Waals surface area contributed by atoms with Crippen LogP contribution in [0.4, 0.5) is 0 Å². The fourth-order valence-electron chi connectivity index (χ4n) is 5.30. The molecule has 3 heteroatoms. The summed E-state index contributed by atoms with van der Waals surface area (Å²) in [6.07, 6.45) is 33.4. The molecule has 1 unspecified atom stereocenters. The summed E-state index contributed by atoms with van der Waals surface area (Å²) in [6, 6.07) is 0. The van der Waals surface area contributed by atoms with E-state index in [2.05, 4.69) is 20.8 Å². The Morgan fingerprint density at radius 3 is 1.22 bits per heavy atom. The summed E-state index contributed by atoms with van der Waals surface area (Å²) in [6.45, 7) is 6.78. The molecule has 0 aromatic carbocycles. The van der Waals surface area contributed by atoms with Crippen molar-refractivity contribution >= 4 is 5.97 Å². The molecule has 222 valence electrons. The second kappa shape index (κ2) is 30.0. The van der Waals surface area contributed by atoms with Gasteiger partial charge in [-0.1, -0.05) is 149 Å². The Morgan fingerprint density at radius 1 is 0.486 bits per heavy atom. The molecule has 0 aliphatic heterocycles. The van der Waals surface area contributed by atoms with Crippen LogP contribution in [-0.2, 0) is 9.53 Å². The molecule has 1 atom stereocenters. The van der Waals surface area contributed by atoms with Gasteiger partial charge in [0, 0.05) is 6.42 Å². The molecule has 37 heavy (non-hydrogen) atoms. The highest BCUT2D eigenvalue weighted by molar-refractivity contribution is 5.69. The average Bonchev–Trinajstić information content (AvgIpc) is 2.89. The first-order valence-electron chi connectivity index (χ1n) is 17.0. The highest BCUT2D eigenvalue weighted by atomic mass is 16.5. The van der Waals surface area contributed by atoms with Crippen molar-refractivity contribution in [3.05, 3.63) is 0 Å². The average molecular weight is 525 g/mol. The van der Waals surface area contributed by atoms with E-state index in [0.29, 0.717) is 6.42 Å². The van der Waals surface area contributed by atoms with Crippen LogP contribution in [-0.4, -0.2) is 23.3 Å². The van der Waals surface area contributed by atoms with Gasteiger partial charge in [0.25, 0.3) is 0 Å². The summed E-state index contributed by atoms with van der Waals surface area (Å²) < 4.78 is 5.96. The molecule has 3 nitrogen and oxygen atoms in total. The van der Waals surface area contributed by atoms with E-state index in [1.54, 1.807) is 0 Å². The normalized spacial score (nSPS) is 12.4. The van der Waals surface area contributed by atoms with Gasteiger partial charge in [-0.25, -0.2) is 0 Å². The maximum absolute atomic E-state index is 12.5. The molecule has 0 fully saturated rings. The van der Waals surface area contributed by atoms with Gasteiger partial charge in [0.1, 0.15) is 6.10 Å². The summed E-state index contributed by atoms with van der Waals surface area (Å²) >= 11 is 0. The SMILES string of the molecule is CCCCCCCCC(O)CCCCCCCC(=O)OC(CCCCCCCC)CCCCCCCC. The van der Waals surface area contributed by atoms with Crippen LogP contribution in [0.15, 0.2) is 0 Å². The van der Waals surface area contributed by atoms with Crippen LogP contribution in [0.5, 0.6) is 0 Å². The molecule has 0 aromatic rings. The molecular formula is C34H68O3. The van der Waals surface area contributed by atoms with E-state index < -0.39 is 0 Å². The molecule has 0 saturated heterocycles. The highest BCUT2D eigenvalue weighted by Crippen LogP contribution is 2.19. The zero-order chi connectivity index (χ0) is 27.2. The monoisotopic (exact) mass is 525 g/mol. The van der Waals surface area contributed by atoms with Gasteiger partial charge in [-0.15, -0.1) is 0 Å². The molecule has 0 aliphatic rings. The van der Waals surface area contributed by atoms with E-state index in [4.69, 9.17) is 4.74 Å². The van der Waals surface area contributed by atoms with Crippen molar-refractivity contribution in [2.75, 3.05) is 0 Å². The van der Waals surface area contributed by atoms with Gasteiger partial charge in [-0.3, -0.25) is 4.79 Å². The van der Waals surface area contributed by atoms with Crippen LogP contribution >= 0.6 is 0 Å². The van der Waals surface area contributed by atoms with E-state index in [-0.39, 0.29) is 18.2 Å².